The lowest BCUT2D eigenvalue weighted by Crippen LogP contribution is -2.23. The monoisotopic (exact) mass is 372 g/mol. The third-order valence-corrected chi connectivity index (χ3v) is 5.58. The third kappa shape index (κ3) is 3.14. The standard InChI is InChI=1S/C20H19F3N4/c1-10-11(2)26-16(8-24)18(10)19-14(12-3-4-12)7-15(27-19)13-5-6-17(25-9-13)20(21,22)23/h5-6,9-12,26H,3-4,7H2,1-2H3. The van der Waals surface area contributed by atoms with Crippen LogP contribution in [-0.4, -0.2) is 16.7 Å². The van der Waals surface area contributed by atoms with Crippen LogP contribution in [0.2, 0.25) is 0 Å². The molecule has 3 aliphatic rings. The fourth-order valence-corrected chi connectivity index (χ4v) is 3.75. The van der Waals surface area contributed by atoms with Gasteiger partial charge in [0.15, 0.2) is 0 Å². The summed E-state index contributed by atoms with van der Waals surface area (Å²) in [5, 5.41) is 12.7. The highest BCUT2D eigenvalue weighted by Gasteiger charge is 2.39. The van der Waals surface area contributed by atoms with Gasteiger partial charge in [-0.25, -0.2) is 0 Å². The molecule has 0 aromatic carbocycles. The summed E-state index contributed by atoms with van der Waals surface area (Å²) in [7, 11) is 0. The number of aliphatic imine (C=N–C) groups is 1. The molecule has 7 heteroatoms. The molecule has 3 heterocycles. The molecule has 2 unspecified atom stereocenters. The Morgan fingerprint density at radius 2 is 1.96 bits per heavy atom. The molecule has 4 rings (SSSR count). The molecule has 1 aliphatic carbocycles. The van der Waals surface area contributed by atoms with E-state index in [9.17, 15) is 18.4 Å². The molecular weight excluding hydrogens is 353 g/mol. The van der Waals surface area contributed by atoms with E-state index in [0.717, 1.165) is 35.9 Å². The second-order valence-electron chi connectivity index (χ2n) is 7.44. The van der Waals surface area contributed by atoms with Gasteiger partial charge < -0.3 is 5.32 Å². The second kappa shape index (κ2) is 6.22. The molecule has 0 spiro atoms. The topological polar surface area (TPSA) is 61.1 Å². The van der Waals surface area contributed by atoms with Gasteiger partial charge in [-0.3, -0.25) is 9.98 Å². The van der Waals surface area contributed by atoms with Crippen LogP contribution in [0.5, 0.6) is 0 Å². The molecular formula is C20H19F3N4. The highest BCUT2D eigenvalue weighted by Crippen LogP contribution is 2.47. The van der Waals surface area contributed by atoms with Crippen molar-refractivity contribution in [3.63, 3.8) is 0 Å². The smallest absolute Gasteiger partial charge is 0.373 e. The molecule has 0 saturated heterocycles. The maximum atomic E-state index is 12.8. The first-order valence-corrected chi connectivity index (χ1v) is 9.05. The summed E-state index contributed by atoms with van der Waals surface area (Å²) >= 11 is 0. The molecule has 27 heavy (non-hydrogen) atoms. The number of halogens is 3. The summed E-state index contributed by atoms with van der Waals surface area (Å²) in [5.74, 6) is 0.608. The lowest BCUT2D eigenvalue weighted by Gasteiger charge is -2.14. The van der Waals surface area contributed by atoms with Gasteiger partial charge in [-0.1, -0.05) is 6.92 Å². The van der Waals surface area contributed by atoms with Crippen molar-refractivity contribution < 1.29 is 13.2 Å². The Kier molecular flexibility index (Phi) is 4.10. The summed E-state index contributed by atoms with van der Waals surface area (Å²) in [6, 6.07) is 4.81. The number of hydrogen-bond acceptors (Lipinski definition) is 4. The van der Waals surface area contributed by atoms with Gasteiger partial charge in [-0.2, -0.15) is 18.4 Å². The van der Waals surface area contributed by atoms with Crippen molar-refractivity contribution in [2.24, 2.45) is 16.8 Å². The molecule has 0 radical (unpaired) electrons. The van der Waals surface area contributed by atoms with Crippen LogP contribution in [0.4, 0.5) is 13.2 Å². The van der Waals surface area contributed by atoms with Gasteiger partial charge >= 0.3 is 6.18 Å². The maximum absolute atomic E-state index is 12.8. The van der Waals surface area contributed by atoms with Crippen molar-refractivity contribution in [2.75, 3.05) is 0 Å². The Hall–Kier alpha value is -2.62. The van der Waals surface area contributed by atoms with E-state index in [1.54, 1.807) is 0 Å². The molecule has 4 nitrogen and oxygen atoms in total. The van der Waals surface area contributed by atoms with Crippen molar-refractivity contribution in [1.82, 2.24) is 10.3 Å². The van der Waals surface area contributed by atoms with E-state index < -0.39 is 11.9 Å². The molecule has 0 bridgehead atoms. The van der Waals surface area contributed by atoms with E-state index in [4.69, 9.17) is 4.99 Å². The van der Waals surface area contributed by atoms with Crippen molar-refractivity contribution in [2.45, 2.75) is 45.3 Å². The summed E-state index contributed by atoms with van der Waals surface area (Å²) in [6.45, 7) is 4.10. The number of nitrogens with one attached hydrogen (secondary N) is 1. The number of rotatable bonds is 3. The van der Waals surface area contributed by atoms with Crippen molar-refractivity contribution in [3.05, 3.63) is 52.1 Å². The lowest BCUT2D eigenvalue weighted by atomic mass is 9.91. The van der Waals surface area contributed by atoms with Gasteiger partial charge in [0.05, 0.1) is 11.4 Å². The first kappa shape index (κ1) is 17.8. The van der Waals surface area contributed by atoms with Crippen LogP contribution in [0.15, 0.2) is 45.9 Å². The highest BCUT2D eigenvalue weighted by atomic mass is 19.4. The second-order valence-corrected chi connectivity index (χ2v) is 7.44. The van der Waals surface area contributed by atoms with Crippen molar-refractivity contribution in [3.8, 4) is 6.07 Å². The quantitative estimate of drug-likeness (QED) is 0.857. The zero-order chi connectivity index (χ0) is 19.3. The molecule has 140 valence electrons. The number of allylic oxidation sites excluding steroid dienone is 3. The number of nitrogens with zero attached hydrogens (tertiary/aromatic N) is 3. The van der Waals surface area contributed by atoms with Crippen LogP contribution >= 0.6 is 0 Å². The molecule has 0 amide bonds. The van der Waals surface area contributed by atoms with Gasteiger partial charge in [-0.15, -0.1) is 0 Å². The molecule has 1 fully saturated rings. The SMILES string of the molecule is CC1NC(C#N)=C(C2=C(C3CC3)CC(c3ccc(C(F)(F)F)nc3)=N2)C1C. The number of pyridine rings is 1. The van der Waals surface area contributed by atoms with Gasteiger partial charge in [0.2, 0.25) is 0 Å². The van der Waals surface area contributed by atoms with Gasteiger partial charge in [-0.05, 0) is 43.4 Å². The zero-order valence-electron chi connectivity index (χ0n) is 15.1. The van der Waals surface area contributed by atoms with E-state index in [2.05, 4.69) is 23.3 Å². The molecule has 1 aromatic heterocycles. The van der Waals surface area contributed by atoms with E-state index in [-0.39, 0.29) is 12.0 Å². The summed E-state index contributed by atoms with van der Waals surface area (Å²) in [4.78, 5) is 8.34. The number of aromatic nitrogens is 1. The Morgan fingerprint density at radius 1 is 1.22 bits per heavy atom. The van der Waals surface area contributed by atoms with E-state index in [1.807, 2.05) is 6.92 Å². The fourth-order valence-electron chi connectivity index (χ4n) is 3.75. The predicted octanol–water partition coefficient (Wildman–Crippen LogP) is 4.36. The molecule has 1 aromatic rings. The van der Waals surface area contributed by atoms with Crippen LogP contribution in [-0.2, 0) is 6.18 Å². The first-order chi connectivity index (χ1) is 12.8. The molecule has 1 N–H and O–H groups in total. The minimum Gasteiger partial charge on any atom is -0.373 e. The lowest BCUT2D eigenvalue weighted by molar-refractivity contribution is -0.141. The van der Waals surface area contributed by atoms with E-state index in [0.29, 0.717) is 23.6 Å². The minimum absolute atomic E-state index is 0.148. The minimum atomic E-state index is -4.45. The third-order valence-electron chi connectivity index (χ3n) is 5.58. The average Bonchev–Trinajstić information content (AvgIpc) is 3.32. The zero-order valence-corrected chi connectivity index (χ0v) is 15.1. The van der Waals surface area contributed by atoms with Crippen LogP contribution in [0.3, 0.4) is 0 Å². The Bertz CT molecular complexity index is 912. The van der Waals surface area contributed by atoms with E-state index >= 15 is 0 Å². The number of hydrogen-bond donors (Lipinski definition) is 1. The largest absolute Gasteiger partial charge is 0.433 e. The summed E-state index contributed by atoms with van der Waals surface area (Å²) < 4.78 is 38.3. The summed E-state index contributed by atoms with van der Waals surface area (Å²) in [5.41, 5.74) is 3.97. The Morgan fingerprint density at radius 3 is 2.52 bits per heavy atom. The Balaban J connectivity index is 1.71. The van der Waals surface area contributed by atoms with Crippen molar-refractivity contribution >= 4 is 5.71 Å². The summed E-state index contributed by atoms with van der Waals surface area (Å²) in [6.07, 6.45) is -0.408. The van der Waals surface area contributed by atoms with Crippen LogP contribution in [0, 0.1) is 23.2 Å². The van der Waals surface area contributed by atoms with Crippen molar-refractivity contribution in [1.29, 1.82) is 5.26 Å². The van der Waals surface area contributed by atoms with Gasteiger partial charge in [0, 0.05) is 35.7 Å². The predicted molar refractivity (Wildman–Crippen MR) is 94.5 cm³/mol. The number of nitriles is 1. The normalized spacial score (nSPS) is 25.6. The van der Waals surface area contributed by atoms with Gasteiger partial charge in [0.25, 0.3) is 0 Å². The fraction of sp³-hybridized carbons (Fsp3) is 0.450. The maximum Gasteiger partial charge on any atom is 0.433 e. The average molecular weight is 372 g/mol. The van der Waals surface area contributed by atoms with Crippen LogP contribution in [0.1, 0.15) is 44.4 Å². The number of alkyl halides is 3. The highest BCUT2D eigenvalue weighted by molar-refractivity contribution is 6.04. The van der Waals surface area contributed by atoms with Gasteiger partial charge in [0.1, 0.15) is 17.5 Å². The van der Waals surface area contributed by atoms with E-state index in [1.165, 1.54) is 17.8 Å². The Labute approximate surface area is 155 Å². The molecule has 1 saturated carbocycles. The molecule has 2 aliphatic heterocycles. The molecule has 2 atom stereocenters. The first-order valence-electron chi connectivity index (χ1n) is 9.05. The van der Waals surface area contributed by atoms with Crippen LogP contribution < -0.4 is 5.32 Å². The van der Waals surface area contributed by atoms with Crippen LogP contribution in [0.25, 0.3) is 0 Å².